The quantitative estimate of drug-likeness (QED) is 0.462. The first-order valence-electron chi connectivity index (χ1n) is 7.08. The molecule has 0 fully saturated rings. The molecule has 4 rings (SSSR count). The second-order valence-corrected chi connectivity index (χ2v) is 5.27. The highest BCUT2D eigenvalue weighted by atomic mass is 16.7. The molecule has 2 heterocycles. The van der Waals surface area contributed by atoms with Crippen LogP contribution in [0.5, 0.6) is 0 Å². The van der Waals surface area contributed by atoms with Gasteiger partial charge in [-0.25, -0.2) is 14.4 Å². The van der Waals surface area contributed by atoms with Crippen molar-refractivity contribution in [3.8, 4) is 0 Å². The van der Waals surface area contributed by atoms with Crippen molar-refractivity contribution in [1.29, 1.82) is 0 Å². The Labute approximate surface area is 139 Å². The summed E-state index contributed by atoms with van der Waals surface area (Å²) in [5, 5.41) is 0.365. The number of carbonyl (C=O) groups is 5. The lowest BCUT2D eigenvalue weighted by Gasteiger charge is -2.12. The van der Waals surface area contributed by atoms with Gasteiger partial charge in [-0.15, -0.1) is 0 Å². The van der Waals surface area contributed by atoms with E-state index in [-0.39, 0.29) is 27.8 Å². The van der Waals surface area contributed by atoms with Crippen molar-refractivity contribution in [3.63, 3.8) is 0 Å². The standard InChI is InChI=1S/C17H7NO7/c19-13-9-3-1-2-4-10(9)14(20)18(13)25-15(21)8-5-6-11-12(7-8)17(23)24-16(11)22/h1-7H. The van der Waals surface area contributed by atoms with E-state index in [9.17, 15) is 24.0 Å². The molecule has 25 heavy (non-hydrogen) atoms. The number of hydroxylamine groups is 2. The predicted octanol–water partition coefficient (Wildman–Crippen LogP) is 1.37. The van der Waals surface area contributed by atoms with Crippen molar-refractivity contribution in [1.82, 2.24) is 5.06 Å². The molecule has 2 aromatic carbocycles. The van der Waals surface area contributed by atoms with E-state index in [1.54, 1.807) is 12.1 Å². The second kappa shape index (κ2) is 5.10. The van der Waals surface area contributed by atoms with Gasteiger partial charge < -0.3 is 9.57 Å². The van der Waals surface area contributed by atoms with Gasteiger partial charge in [-0.2, -0.15) is 0 Å². The molecule has 0 N–H and O–H groups in total. The number of ether oxygens (including phenoxy) is 1. The van der Waals surface area contributed by atoms with E-state index in [1.165, 1.54) is 24.3 Å². The Morgan fingerprint density at radius 1 is 0.800 bits per heavy atom. The van der Waals surface area contributed by atoms with Gasteiger partial charge in [-0.1, -0.05) is 17.2 Å². The van der Waals surface area contributed by atoms with Crippen LogP contribution in [-0.4, -0.2) is 34.8 Å². The maximum Gasteiger partial charge on any atom is 0.363 e. The van der Waals surface area contributed by atoms with Crippen molar-refractivity contribution < 1.29 is 33.5 Å². The molecule has 0 radical (unpaired) electrons. The minimum Gasteiger partial charge on any atom is -0.386 e. The Kier molecular flexibility index (Phi) is 3.01. The molecule has 0 atom stereocenters. The molecule has 122 valence electrons. The number of imide groups is 1. The van der Waals surface area contributed by atoms with Crippen LogP contribution < -0.4 is 0 Å². The van der Waals surface area contributed by atoms with Crippen LogP contribution in [0.1, 0.15) is 51.8 Å². The number of rotatable bonds is 2. The van der Waals surface area contributed by atoms with E-state index in [0.717, 1.165) is 6.07 Å². The van der Waals surface area contributed by atoms with Crippen LogP contribution in [0.2, 0.25) is 0 Å². The summed E-state index contributed by atoms with van der Waals surface area (Å²) in [6.45, 7) is 0. The molecule has 0 unspecified atom stereocenters. The van der Waals surface area contributed by atoms with Gasteiger partial charge in [0, 0.05) is 0 Å². The van der Waals surface area contributed by atoms with Crippen molar-refractivity contribution in [2.45, 2.75) is 0 Å². The zero-order chi connectivity index (χ0) is 17.7. The Hall–Kier alpha value is -3.81. The van der Waals surface area contributed by atoms with Crippen LogP contribution >= 0.6 is 0 Å². The summed E-state index contributed by atoms with van der Waals surface area (Å²) in [7, 11) is 0. The summed E-state index contributed by atoms with van der Waals surface area (Å²) in [5.74, 6) is -4.23. The lowest BCUT2D eigenvalue weighted by molar-refractivity contribution is -0.0584. The number of nitrogens with zero attached hydrogens (tertiary/aromatic N) is 1. The highest BCUT2D eigenvalue weighted by Crippen LogP contribution is 2.25. The Bertz CT molecular complexity index is 973. The molecular formula is C17H7NO7. The first-order valence-corrected chi connectivity index (χ1v) is 7.08. The van der Waals surface area contributed by atoms with Crippen LogP contribution in [0.15, 0.2) is 42.5 Å². The van der Waals surface area contributed by atoms with E-state index in [1.807, 2.05) is 0 Å². The minimum absolute atomic E-state index is 0.0299. The van der Waals surface area contributed by atoms with Gasteiger partial charge in [0.15, 0.2) is 0 Å². The minimum atomic E-state index is -1.02. The summed E-state index contributed by atoms with van der Waals surface area (Å²) < 4.78 is 4.43. The van der Waals surface area contributed by atoms with Gasteiger partial charge in [-0.05, 0) is 30.3 Å². The monoisotopic (exact) mass is 337 g/mol. The fourth-order valence-corrected chi connectivity index (χ4v) is 2.60. The lowest BCUT2D eigenvalue weighted by atomic mass is 10.1. The van der Waals surface area contributed by atoms with Crippen molar-refractivity contribution in [2.24, 2.45) is 0 Å². The number of cyclic esters (lactones) is 2. The maximum atomic E-state index is 12.2. The molecule has 0 aromatic heterocycles. The molecule has 2 aromatic rings. The normalized spacial score (nSPS) is 15.1. The molecule has 0 aliphatic carbocycles. The van der Waals surface area contributed by atoms with Crippen LogP contribution in [-0.2, 0) is 9.57 Å². The summed E-state index contributed by atoms with van der Waals surface area (Å²) >= 11 is 0. The average Bonchev–Trinajstić information content (AvgIpc) is 3.04. The fraction of sp³-hybridized carbons (Fsp3) is 0. The van der Waals surface area contributed by atoms with Gasteiger partial charge in [0.25, 0.3) is 11.8 Å². The highest BCUT2D eigenvalue weighted by molar-refractivity contribution is 6.21. The molecule has 0 bridgehead atoms. The number of fused-ring (bicyclic) bond motifs is 2. The van der Waals surface area contributed by atoms with Crippen LogP contribution in [0.25, 0.3) is 0 Å². The third-order valence-corrected chi connectivity index (χ3v) is 3.81. The van der Waals surface area contributed by atoms with Crippen LogP contribution in [0.4, 0.5) is 0 Å². The first-order chi connectivity index (χ1) is 12.0. The average molecular weight is 337 g/mol. The number of amides is 2. The van der Waals surface area contributed by atoms with E-state index in [0.29, 0.717) is 5.06 Å². The zero-order valence-electron chi connectivity index (χ0n) is 12.3. The van der Waals surface area contributed by atoms with Crippen LogP contribution in [0.3, 0.4) is 0 Å². The van der Waals surface area contributed by atoms with Gasteiger partial charge in [0.1, 0.15) is 0 Å². The molecule has 0 saturated heterocycles. The number of esters is 2. The molecule has 8 heteroatoms. The van der Waals surface area contributed by atoms with Crippen molar-refractivity contribution in [3.05, 3.63) is 70.3 Å². The maximum absolute atomic E-state index is 12.2. The fourth-order valence-electron chi connectivity index (χ4n) is 2.60. The van der Waals surface area contributed by atoms with Crippen molar-refractivity contribution >= 4 is 29.7 Å². The van der Waals surface area contributed by atoms with Crippen LogP contribution in [0, 0.1) is 0 Å². The highest BCUT2D eigenvalue weighted by Gasteiger charge is 2.39. The van der Waals surface area contributed by atoms with Crippen molar-refractivity contribution in [2.75, 3.05) is 0 Å². The SMILES string of the molecule is O=C(ON1C(=O)c2ccccc2C1=O)c1ccc2c(c1)C(=O)OC2=O. The Balaban J connectivity index is 1.61. The Morgan fingerprint density at radius 3 is 2.04 bits per heavy atom. The van der Waals surface area contributed by atoms with Gasteiger partial charge in [-0.3, -0.25) is 9.59 Å². The zero-order valence-corrected chi connectivity index (χ0v) is 12.3. The molecule has 0 saturated carbocycles. The smallest absolute Gasteiger partial charge is 0.363 e. The molecular weight excluding hydrogens is 330 g/mol. The van der Waals surface area contributed by atoms with Gasteiger partial charge >= 0.3 is 17.9 Å². The molecule has 0 spiro atoms. The van der Waals surface area contributed by atoms with E-state index >= 15 is 0 Å². The third-order valence-electron chi connectivity index (χ3n) is 3.81. The van der Waals surface area contributed by atoms with E-state index < -0.39 is 29.7 Å². The molecule has 8 nitrogen and oxygen atoms in total. The largest absolute Gasteiger partial charge is 0.386 e. The number of benzene rings is 2. The molecule has 2 aliphatic heterocycles. The summed E-state index contributed by atoms with van der Waals surface area (Å²) in [4.78, 5) is 64.4. The van der Waals surface area contributed by atoms with E-state index in [4.69, 9.17) is 4.84 Å². The third kappa shape index (κ3) is 2.12. The topological polar surface area (TPSA) is 107 Å². The number of carbonyl (C=O) groups excluding carboxylic acids is 5. The molecule has 2 amide bonds. The Morgan fingerprint density at radius 2 is 1.40 bits per heavy atom. The summed E-state index contributed by atoms with van der Waals surface area (Å²) in [6, 6.07) is 9.64. The lowest BCUT2D eigenvalue weighted by Crippen LogP contribution is -2.32. The van der Waals surface area contributed by atoms with Gasteiger partial charge in [0.05, 0.1) is 27.8 Å². The van der Waals surface area contributed by atoms with E-state index in [2.05, 4.69) is 4.74 Å². The first kappa shape index (κ1) is 14.8. The summed E-state index contributed by atoms with van der Waals surface area (Å²) in [5.41, 5.74) is 0.0953. The van der Waals surface area contributed by atoms with Gasteiger partial charge in [0.2, 0.25) is 0 Å². The predicted molar refractivity (Wildman–Crippen MR) is 78.5 cm³/mol. The number of hydrogen-bond acceptors (Lipinski definition) is 7. The molecule has 2 aliphatic rings. The summed E-state index contributed by atoms with van der Waals surface area (Å²) in [6.07, 6.45) is 0. The second-order valence-electron chi connectivity index (χ2n) is 5.27. The number of hydrogen-bond donors (Lipinski definition) is 0.